The van der Waals surface area contributed by atoms with Crippen molar-refractivity contribution in [1.82, 2.24) is 0 Å². The van der Waals surface area contributed by atoms with Crippen LogP contribution in [0.1, 0.15) is 36.2 Å². The highest BCUT2D eigenvalue weighted by atomic mass is 16.8. The molecule has 2 aromatic carbocycles. The van der Waals surface area contributed by atoms with Gasteiger partial charge < -0.3 is 64.5 Å². The number of carbonyl (C=O) groups is 1. The Morgan fingerprint density at radius 3 is 2.14 bits per heavy atom. The zero-order valence-electron chi connectivity index (χ0n) is 23.8. The Balaban J connectivity index is 1.51. The van der Waals surface area contributed by atoms with Gasteiger partial charge in [-0.15, -0.1) is 0 Å². The van der Waals surface area contributed by atoms with Gasteiger partial charge in [-0.3, -0.25) is 4.79 Å². The third-order valence-electron chi connectivity index (χ3n) is 7.86. The second-order valence-electron chi connectivity index (χ2n) is 10.7. The van der Waals surface area contributed by atoms with Crippen molar-refractivity contribution in [3.8, 4) is 28.7 Å². The molecule has 14 heteroatoms. The first-order chi connectivity index (χ1) is 20.4. The van der Waals surface area contributed by atoms with E-state index in [2.05, 4.69) is 0 Å². The third-order valence-corrected chi connectivity index (χ3v) is 7.86. The van der Waals surface area contributed by atoms with Gasteiger partial charge >= 0.3 is 0 Å². The summed E-state index contributed by atoms with van der Waals surface area (Å²) in [7, 11) is 1.41. The summed E-state index contributed by atoms with van der Waals surface area (Å²) in [6.45, 7) is 2.62. The molecule has 2 aliphatic rings. The molecule has 0 unspecified atom stereocenters. The first kappa shape index (κ1) is 32.7. The molecule has 0 bridgehead atoms. The van der Waals surface area contributed by atoms with E-state index in [1.807, 2.05) is 0 Å². The predicted octanol–water partition coefficient (Wildman–Crippen LogP) is -0.0668. The monoisotopic (exact) mass is 610 g/mol. The molecule has 0 aliphatic carbocycles. The summed E-state index contributed by atoms with van der Waals surface area (Å²) in [6.07, 6.45) is -12.5. The van der Waals surface area contributed by atoms with E-state index in [1.54, 1.807) is 26.0 Å². The van der Waals surface area contributed by atoms with Gasteiger partial charge in [0.2, 0.25) is 6.29 Å². The molecule has 0 saturated carbocycles. The van der Waals surface area contributed by atoms with E-state index < -0.39 is 85.1 Å². The van der Waals surface area contributed by atoms with Gasteiger partial charge in [-0.05, 0) is 31.0 Å². The number of ketones is 1. The van der Waals surface area contributed by atoms with Crippen LogP contribution >= 0.6 is 0 Å². The topological polar surface area (TPSA) is 225 Å². The number of methoxy groups -OCH3 is 1. The number of hydrogen-bond acceptors (Lipinski definition) is 14. The van der Waals surface area contributed by atoms with Crippen molar-refractivity contribution in [2.45, 2.75) is 82.0 Å². The molecule has 0 aromatic heterocycles. The summed E-state index contributed by atoms with van der Waals surface area (Å²) in [5.74, 6) is -2.34. The quantitative estimate of drug-likeness (QED) is 0.165. The van der Waals surface area contributed by atoms with Crippen LogP contribution in [0.15, 0.2) is 30.3 Å². The summed E-state index contributed by atoms with van der Waals surface area (Å²) in [4.78, 5) is 12.9. The second-order valence-corrected chi connectivity index (χ2v) is 10.7. The highest BCUT2D eigenvalue weighted by Crippen LogP contribution is 2.37. The average Bonchev–Trinajstić information content (AvgIpc) is 2.96. The number of hydrogen-bond donors (Lipinski definition) is 8. The first-order valence-corrected chi connectivity index (χ1v) is 13.8. The summed E-state index contributed by atoms with van der Waals surface area (Å²) in [6, 6.07) is 6.70. The zero-order chi connectivity index (χ0) is 31.6. The van der Waals surface area contributed by atoms with E-state index in [0.717, 1.165) is 12.1 Å². The largest absolute Gasteiger partial charge is 0.507 e. The summed E-state index contributed by atoms with van der Waals surface area (Å²) in [5, 5.41) is 82.9. The molecule has 43 heavy (non-hydrogen) atoms. The number of aromatic hydroxyl groups is 3. The molecular weight excluding hydrogens is 572 g/mol. The van der Waals surface area contributed by atoms with Crippen LogP contribution < -0.4 is 9.47 Å². The van der Waals surface area contributed by atoms with Crippen molar-refractivity contribution in [3.05, 3.63) is 41.5 Å². The molecule has 4 rings (SSSR count). The normalized spacial score (nSPS) is 32.7. The third kappa shape index (κ3) is 6.97. The molecule has 10 atom stereocenters. The molecule has 238 valence electrons. The Morgan fingerprint density at radius 2 is 1.53 bits per heavy atom. The zero-order valence-corrected chi connectivity index (χ0v) is 23.8. The van der Waals surface area contributed by atoms with E-state index in [0.29, 0.717) is 5.56 Å². The Hall–Kier alpha value is -3.21. The summed E-state index contributed by atoms with van der Waals surface area (Å²) >= 11 is 0. The van der Waals surface area contributed by atoms with Gasteiger partial charge in [0, 0.05) is 24.5 Å². The molecule has 2 saturated heterocycles. The molecule has 2 heterocycles. The Bertz CT molecular complexity index is 1250. The van der Waals surface area contributed by atoms with Gasteiger partial charge in [0.05, 0.1) is 25.9 Å². The van der Waals surface area contributed by atoms with Crippen molar-refractivity contribution >= 4 is 5.78 Å². The van der Waals surface area contributed by atoms with Crippen molar-refractivity contribution in [1.29, 1.82) is 0 Å². The highest BCUT2D eigenvalue weighted by molar-refractivity contribution is 6.01. The van der Waals surface area contributed by atoms with Crippen molar-refractivity contribution in [2.24, 2.45) is 5.92 Å². The molecule has 0 radical (unpaired) electrons. The lowest BCUT2D eigenvalue weighted by atomic mass is 9.91. The number of aliphatic hydroxyl groups is 5. The lowest BCUT2D eigenvalue weighted by Crippen LogP contribution is -2.63. The standard InChI is InChI=1S/C29H38O14/c1-12-13(2)40-28(26(38)23(12)35)43-27-25(37)24(36)21(11-30)42-29(27)41-15-9-18(33)22(19(34)10-15)16(31)6-4-14-5-7-20(39-3)17(32)8-14/h5,7-10,12-13,21,23-30,32-38H,4,6,11H2,1-3H3/t12-,13-,21+,23+,24+,25-,26+,27+,28-,29+/m0/s1. The first-order valence-electron chi connectivity index (χ1n) is 13.8. The molecule has 2 fully saturated rings. The van der Waals surface area contributed by atoms with Crippen LogP contribution in [-0.2, 0) is 20.6 Å². The number of rotatable bonds is 10. The fourth-order valence-corrected chi connectivity index (χ4v) is 5.08. The van der Waals surface area contributed by atoms with Crippen molar-refractivity contribution < 1.29 is 69.3 Å². The number of ether oxygens (including phenoxy) is 5. The van der Waals surface area contributed by atoms with Crippen LogP contribution in [0, 0.1) is 5.92 Å². The Labute approximate surface area is 247 Å². The minimum Gasteiger partial charge on any atom is -0.507 e. The maximum atomic E-state index is 12.9. The van der Waals surface area contributed by atoms with E-state index in [9.17, 15) is 45.6 Å². The van der Waals surface area contributed by atoms with Gasteiger partial charge in [-0.25, -0.2) is 0 Å². The van der Waals surface area contributed by atoms with Gasteiger partial charge in [0.25, 0.3) is 0 Å². The van der Waals surface area contributed by atoms with Gasteiger partial charge in [0.1, 0.15) is 47.2 Å². The average molecular weight is 611 g/mol. The smallest absolute Gasteiger partial charge is 0.229 e. The number of phenolic OH excluding ortho intramolecular Hbond substituents is 3. The number of carbonyl (C=O) groups excluding carboxylic acids is 1. The van der Waals surface area contributed by atoms with Crippen LogP contribution in [-0.4, -0.2) is 116 Å². The lowest BCUT2D eigenvalue weighted by Gasteiger charge is -2.46. The fourth-order valence-electron chi connectivity index (χ4n) is 5.08. The fraction of sp³-hybridized carbons (Fsp3) is 0.552. The van der Waals surface area contributed by atoms with Crippen LogP contribution in [0.5, 0.6) is 28.7 Å². The van der Waals surface area contributed by atoms with Gasteiger partial charge in [-0.1, -0.05) is 13.0 Å². The number of phenols is 3. The Morgan fingerprint density at radius 1 is 0.860 bits per heavy atom. The van der Waals surface area contributed by atoms with Crippen molar-refractivity contribution in [3.63, 3.8) is 0 Å². The number of Topliss-reactive ketones (excluding diaryl/α,β-unsaturated/α-hetero) is 1. The molecule has 2 aliphatic heterocycles. The van der Waals surface area contributed by atoms with Gasteiger partial charge in [-0.2, -0.15) is 0 Å². The summed E-state index contributed by atoms with van der Waals surface area (Å²) in [5.41, 5.74) is 0.246. The van der Waals surface area contributed by atoms with E-state index in [-0.39, 0.29) is 35.7 Å². The Kier molecular flexibility index (Phi) is 10.4. The van der Waals surface area contributed by atoms with Crippen LogP contribution in [0.3, 0.4) is 0 Å². The van der Waals surface area contributed by atoms with E-state index >= 15 is 0 Å². The van der Waals surface area contributed by atoms with Crippen LogP contribution in [0.25, 0.3) is 0 Å². The second kappa shape index (κ2) is 13.6. The lowest BCUT2D eigenvalue weighted by molar-refractivity contribution is -0.350. The number of aliphatic hydroxyl groups excluding tert-OH is 5. The van der Waals surface area contributed by atoms with E-state index in [1.165, 1.54) is 13.2 Å². The molecular formula is C29H38O14. The number of aryl methyl sites for hydroxylation is 1. The molecule has 8 N–H and O–H groups in total. The molecule has 14 nitrogen and oxygen atoms in total. The van der Waals surface area contributed by atoms with Gasteiger partial charge in [0.15, 0.2) is 29.7 Å². The van der Waals surface area contributed by atoms with Crippen LogP contribution in [0.4, 0.5) is 0 Å². The minimum atomic E-state index is -1.72. The maximum absolute atomic E-state index is 12.9. The maximum Gasteiger partial charge on any atom is 0.229 e. The molecule has 0 amide bonds. The van der Waals surface area contributed by atoms with Crippen LogP contribution in [0.2, 0.25) is 0 Å². The highest BCUT2D eigenvalue weighted by Gasteiger charge is 2.50. The SMILES string of the molecule is COc1ccc(CCC(=O)c2c(O)cc(O[C@@H]3O[C@H](CO)[C@@H](O)[C@H](O)[C@H]3O[C@@H]3O[C@@H](C)[C@H](C)[C@@H](O)[C@H]3O)cc2O)cc1O. The molecule has 0 spiro atoms. The number of benzene rings is 2. The predicted molar refractivity (Wildman–Crippen MR) is 146 cm³/mol. The van der Waals surface area contributed by atoms with E-state index in [4.69, 9.17) is 23.7 Å². The van der Waals surface area contributed by atoms with Crippen molar-refractivity contribution in [2.75, 3.05) is 13.7 Å². The summed E-state index contributed by atoms with van der Waals surface area (Å²) < 4.78 is 27.7. The minimum absolute atomic E-state index is 0.0993. The molecule has 2 aromatic rings.